The maximum Gasteiger partial charge on any atom is 0.163 e. The molecule has 0 radical (unpaired) electrons. The molecule has 8 bridgehead atoms. The quantitative estimate of drug-likeness (QED) is 0.175. The van der Waals surface area contributed by atoms with Gasteiger partial charge in [-0.25, -0.2) is 9.97 Å². The summed E-state index contributed by atoms with van der Waals surface area (Å²) in [6, 6.07) is 51.6. The maximum atomic E-state index is 7.33. The zero-order valence-corrected chi connectivity index (χ0v) is 48.7. The summed E-state index contributed by atoms with van der Waals surface area (Å²) in [6.45, 7) is 0. The van der Waals surface area contributed by atoms with E-state index in [2.05, 4.69) is 178 Å². The van der Waals surface area contributed by atoms with Gasteiger partial charge >= 0.3 is 0 Å². The van der Waals surface area contributed by atoms with Gasteiger partial charge < -0.3 is 22.2 Å². The van der Waals surface area contributed by atoms with E-state index in [9.17, 15) is 0 Å². The van der Waals surface area contributed by atoms with Crippen molar-refractivity contribution in [3.8, 4) is 27.9 Å². The fraction of sp³-hybridized carbons (Fsp3) is 0.225. The topological polar surface area (TPSA) is 91.6 Å². The largest absolute Gasteiger partial charge is 0.454 e. The van der Waals surface area contributed by atoms with Crippen molar-refractivity contribution >= 4 is 142 Å². The van der Waals surface area contributed by atoms with Gasteiger partial charge in [0.25, 0.3) is 0 Å². The Morgan fingerprint density at radius 2 is 0.742 bits per heavy atom. The Balaban J connectivity index is 1.01. The van der Waals surface area contributed by atoms with Crippen LogP contribution in [0.4, 0.5) is 0 Å². The van der Waals surface area contributed by atoms with E-state index in [1.807, 2.05) is 0 Å². The van der Waals surface area contributed by atoms with Crippen LogP contribution < -0.4 is 0 Å². The molecule has 0 N–H and O–H groups in total. The Labute approximate surface area is 507 Å². The minimum Gasteiger partial charge on any atom is -0.454 e. The Hall–Kier alpha value is -9.86. The van der Waals surface area contributed by atoms with Gasteiger partial charge in [-0.05, 0) is 158 Å². The average molecular weight is 1150 g/mol. The van der Waals surface area contributed by atoms with E-state index in [-0.39, 0.29) is 0 Å². The number of fused-ring (bicyclic) bond motifs is 25. The van der Waals surface area contributed by atoms with Crippen molar-refractivity contribution < 1.29 is 8.83 Å². The number of hydrogen-bond acceptors (Lipinski definition) is 6. The molecule has 4 saturated carbocycles. The molecule has 11 aromatic heterocycles. The number of benzene rings is 7. The first-order chi connectivity index (χ1) is 44.1. The molecule has 422 valence electrons. The summed E-state index contributed by atoms with van der Waals surface area (Å²) in [5.74, 6) is 4.87. The van der Waals surface area contributed by atoms with Crippen LogP contribution in [0.15, 0.2) is 173 Å². The van der Waals surface area contributed by atoms with Crippen molar-refractivity contribution in [2.45, 2.75) is 87.9 Å². The number of pyridine rings is 4. The Kier molecular flexibility index (Phi) is 8.26. The van der Waals surface area contributed by atoms with E-state index in [1.165, 1.54) is 185 Å². The van der Waals surface area contributed by atoms with Gasteiger partial charge in [0.15, 0.2) is 11.2 Å². The molecular weight excluding hydrogens is 1090 g/mol. The van der Waals surface area contributed by atoms with E-state index >= 15 is 0 Å². The highest BCUT2D eigenvalue weighted by Gasteiger charge is 2.47. The summed E-state index contributed by atoms with van der Waals surface area (Å²) in [5, 5.41) is 14.3. The van der Waals surface area contributed by atoms with E-state index < -0.39 is 0 Å². The van der Waals surface area contributed by atoms with Gasteiger partial charge in [0.05, 0.1) is 85.4 Å². The predicted octanol–water partition coefficient (Wildman–Crippen LogP) is 20.6. The lowest BCUT2D eigenvalue weighted by Gasteiger charge is -2.38. The van der Waals surface area contributed by atoms with Crippen LogP contribution in [-0.4, -0.2) is 33.3 Å². The molecular formula is C80H55N7O2. The van der Waals surface area contributed by atoms with Crippen molar-refractivity contribution in [1.82, 2.24) is 33.3 Å². The van der Waals surface area contributed by atoms with Crippen molar-refractivity contribution in [2.24, 2.45) is 23.7 Å². The normalized spacial score (nSPS) is 23.1. The molecule has 0 aliphatic heterocycles. The third kappa shape index (κ3) is 5.53. The van der Waals surface area contributed by atoms with Crippen molar-refractivity contribution in [3.63, 3.8) is 0 Å². The Bertz CT molecular complexity index is 5860. The second kappa shape index (κ2) is 15.9. The molecule has 26 rings (SSSR count). The third-order valence-electron chi connectivity index (χ3n) is 24.0. The van der Waals surface area contributed by atoms with Gasteiger partial charge in [-0.3, -0.25) is 9.97 Å². The summed E-state index contributed by atoms with van der Waals surface area (Å²) >= 11 is 0. The van der Waals surface area contributed by atoms with Gasteiger partial charge in [0.2, 0.25) is 0 Å². The zero-order chi connectivity index (χ0) is 57.0. The van der Waals surface area contributed by atoms with Crippen LogP contribution in [0.1, 0.15) is 110 Å². The highest BCUT2D eigenvalue weighted by molar-refractivity contribution is 6.46. The van der Waals surface area contributed by atoms with Gasteiger partial charge in [0, 0.05) is 88.2 Å². The smallest absolute Gasteiger partial charge is 0.163 e. The van der Waals surface area contributed by atoms with Gasteiger partial charge in [-0.1, -0.05) is 103 Å². The molecule has 7 aromatic carbocycles. The number of aromatic nitrogens is 7. The second-order valence-corrected chi connectivity index (χ2v) is 28.4. The SMILES string of the molecule is c1ccc(-c2cccc(-c3ccccc3)c2-n2c3cc4c5c6c(ncc5n5c7cnc8c9ccccc9oc8c7c(c3c3c7c8c9oc%10ccccc%10c9ncc8n8c9cnc%10c(c9c(cc32)c78)C2CC3CC(CC%10C3)C2)c45)C2CC3CC(C2)CC6C3)cc1. The van der Waals surface area contributed by atoms with E-state index in [0.717, 1.165) is 95.3 Å². The predicted molar refractivity (Wildman–Crippen MR) is 358 cm³/mol. The molecule has 11 heterocycles. The maximum absolute atomic E-state index is 7.33. The summed E-state index contributed by atoms with van der Waals surface area (Å²) in [5.41, 5.74) is 25.9. The molecule has 9 nitrogen and oxygen atoms in total. The van der Waals surface area contributed by atoms with Crippen LogP contribution in [0.3, 0.4) is 0 Å². The standard InChI is InChI=1S/C80H55N7O2/c1-3-12-42(13-4-1)48-18-11-19-49(43-14-5-2-6-15-43)76(48)85-54-32-52-64-56(34-81-72-46-28-38-22-39(29-46)25-44(24-38)62(64)72)86-58-36-83-74-50-16-7-9-20-60(50)88-79(74)68(58)70(77(52)86)66(54)67-55(85)33-53-65-57(35-82-73-47-30-40-23-41(31-47)27-45(26-40)63(65)73)87-59-37-84-75-51-17-8-10-21-61(51)89-80(75)69(59)71(67)78(53)87/h1-21,32-41,44-47H,22-31H2. The van der Waals surface area contributed by atoms with Crippen molar-refractivity contribution in [3.05, 3.63) is 187 Å². The number of furan rings is 2. The molecule has 4 fully saturated rings. The molecule has 0 amide bonds. The first-order valence-electron chi connectivity index (χ1n) is 32.9. The van der Waals surface area contributed by atoms with Crippen molar-refractivity contribution in [2.75, 3.05) is 0 Å². The monoisotopic (exact) mass is 1150 g/mol. The molecule has 4 unspecified atom stereocenters. The lowest BCUT2D eigenvalue weighted by atomic mass is 9.67. The summed E-state index contributed by atoms with van der Waals surface area (Å²) in [4.78, 5) is 22.3. The second-order valence-electron chi connectivity index (χ2n) is 28.4. The first kappa shape index (κ1) is 46.3. The fourth-order valence-electron chi connectivity index (χ4n) is 21.3. The summed E-state index contributed by atoms with van der Waals surface area (Å²) in [6.07, 6.45) is 21.5. The molecule has 8 aliphatic carbocycles. The summed E-state index contributed by atoms with van der Waals surface area (Å²) < 4.78 is 22.5. The average Bonchev–Trinajstić information content (AvgIpc) is 1.49. The highest BCUT2D eigenvalue weighted by Crippen LogP contribution is 2.62. The van der Waals surface area contributed by atoms with Crippen LogP contribution in [0.25, 0.3) is 170 Å². The Morgan fingerprint density at radius 1 is 0.337 bits per heavy atom. The molecule has 18 aromatic rings. The minimum atomic E-state index is 0.459. The zero-order valence-electron chi connectivity index (χ0n) is 48.7. The van der Waals surface area contributed by atoms with Gasteiger partial charge in [-0.15, -0.1) is 0 Å². The van der Waals surface area contributed by atoms with Crippen LogP contribution >= 0.6 is 0 Å². The van der Waals surface area contributed by atoms with Crippen LogP contribution in [-0.2, 0) is 0 Å². The lowest BCUT2D eigenvalue weighted by Crippen LogP contribution is -2.25. The number of hydrogen-bond donors (Lipinski definition) is 0. The van der Waals surface area contributed by atoms with Gasteiger partial charge in [-0.2, -0.15) is 0 Å². The molecule has 89 heavy (non-hydrogen) atoms. The summed E-state index contributed by atoms with van der Waals surface area (Å²) in [7, 11) is 0. The molecule has 8 aliphatic rings. The highest BCUT2D eigenvalue weighted by atomic mass is 16.3. The lowest BCUT2D eigenvalue weighted by molar-refractivity contribution is 0.165. The van der Waals surface area contributed by atoms with Crippen molar-refractivity contribution in [1.29, 1.82) is 0 Å². The fourth-order valence-corrected chi connectivity index (χ4v) is 21.3. The van der Waals surface area contributed by atoms with E-state index in [0.29, 0.717) is 23.7 Å². The molecule has 0 spiro atoms. The molecule has 0 saturated heterocycles. The number of rotatable bonds is 3. The van der Waals surface area contributed by atoms with E-state index in [1.54, 1.807) is 0 Å². The number of para-hydroxylation sites is 3. The molecule has 4 atom stereocenters. The van der Waals surface area contributed by atoms with Gasteiger partial charge in [0.1, 0.15) is 22.2 Å². The Morgan fingerprint density at radius 3 is 1.20 bits per heavy atom. The first-order valence-corrected chi connectivity index (χ1v) is 32.9. The van der Waals surface area contributed by atoms with E-state index in [4.69, 9.17) is 28.8 Å². The van der Waals surface area contributed by atoms with Crippen LogP contribution in [0, 0.1) is 23.7 Å². The third-order valence-corrected chi connectivity index (χ3v) is 24.0. The van der Waals surface area contributed by atoms with Crippen LogP contribution in [0.2, 0.25) is 0 Å². The number of nitrogens with zero attached hydrogens (tertiary/aromatic N) is 7. The molecule has 9 heteroatoms. The van der Waals surface area contributed by atoms with Crippen LogP contribution in [0.5, 0.6) is 0 Å². The minimum absolute atomic E-state index is 0.459.